The van der Waals surface area contributed by atoms with Gasteiger partial charge in [0.15, 0.2) is 0 Å². The number of hydrogen-bond donors (Lipinski definition) is 1. The summed E-state index contributed by atoms with van der Waals surface area (Å²) in [5, 5.41) is 11.5. The molecule has 0 spiro atoms. The van der Waals surface area contributed by atoms with Crippen molar-refractivity contribution >= 4 is 11.6 Å². The quantitative estimate of drug-likeness (QED) is 0.678. The zero-order valence-corrected chi connectivity index (χ0v) is 14.7. The van der Waals surface area contributed by atoms with Crippen LogP contribution in [0.2, 0.25) is 0 Å². The highest BCUT2D eigenvalue weighted by Gasteiger charge is 2.30. The molecule has 3 aromatic rings. The fourth-order valence-electron chi connectivity index (χ4n) is 2.70. The van der Waals surface area contributed by atoms with Gasteiger partial charge in [-0.05, 0) is 54.4 Å². The molecule has 1 heterocycles. The summed E-state index contributed by atoms with van der Waals surface area (Å²) in [6.45, 7) is 1.85. The summed E-state index contributed by atoms with van der Waals surface area (Å²) in [5.41, 5.74) is 2.12. The minimum Gasteiger partial charge on any atom is -0.322 e. The number of nitrogens with one attached hydrogen (secondary N) is 1. The van der Waals surface area contributed by atoms with Gasteiger partial charge in [-0.3, -0.25) is 9.78 Å². The number of nitriles is 1. The van der Waals surface area contributed by atoms with Crippen molar-refractivity contribution in [2.45, 2.75) is 13.1 Å². The van der Waals surface area contributed by atoms with Crippen LogP contribution in [-0.2, 0) is 6.18 Å². The molecule has 1 amide bonds. The number of hydrogen-bond acceptors (Lipinski definition) is 3. The van der Waals surface area contributed by atoms with Gasteiger partial charge in [0.05, 0.1) is 11.1 Å². The van der Waals surface area contributed by atoms with Crippen LogP contribution < -0.4 is 5.32 Å². The Labute approximate surface area is 159 Å². The average Bonchev–Trinajstić information content (AvgIpc) is 2.68. The molecule has 0 bridgehead atoms. The number of rotatable bonds is 3. The third-order valence-electron chi connectivity index (χ3n) is 4.13. The lowest BCUT2D eigenvalue weighted by atomic mass is 9.98. The molecule has 3 rings (SSSR count). The van der Waals surface area contributed by atoms with E-state index in [0.29, 0.717) is 16.7 Å². The second kappa shape index (κ2) is 7.53. The van der Waals surface area contributed by atoms with Crippen molar-refractivity contribution in [3.63, 3.8) is 0 Å². The molecular formula is C21H14F3N3O. The fraction of sp³-hybridized carbons (Fsp3) is 0.0952. The van der Waals surface area contributed by atoms with Gasteiger partial charge < -0.3 is 5.32 Å². The molecular weight excluding hydrogens is 367 g/mol. The van der Waals surface area contributed by atoms with E-state index in [1.807, 2.05) is 13.0 Å². The third kappa shape index (κ3) is 4.18. The number of benzene rings is 2. The summed E-state index contributed by atoms with van der Waals surface area (Å²) < 4.78 is 38.5. The predicted molar refractivity (Wildman–Crippen MR) is 98.5 cm³/mol. The lowest BCUT2D eigenvalue weighted by molar-refractivity contribution is -0.137. The maximum absolute atomic E-state index is 12.8. The Hall–Kier alpha value is -3.66. The van der Waals surface area contributed by atoms with Crippen molar-refractivity contribution in [3.05, 3.63) is 83.2 Å². The first-order valence-electron chi connectivity index (χ1n) is 8.23. The number of carbonyl (C=O) groups excluding carboxylic acids is 1. The SMILES string of the molecule is Cc1ccc(C(=O)Nc2cccc(C(F)(F)F)c2)cc1-c1cncc(C#N)c1. The summed E-state index contributed by atoms with van der Waals surface area (Å²) in [6, 6.07) is 13.1. The van der Waals surface area contributed by atoms with Gasteiger partial charge in [0.25, 0.3) is 5.91 Å². The second-order valence-electron chi connectivity index (χ2n) is 6.14. The van der Waals surface area contributed by atoms with Gasteiger partial charge in [-0.2, -0.15) is 18.4 Å². The second-order valence-corrected chi connectivity index (χ2v) is 6.14. The smallest absolute Gasteiger partial charge is 0.322 e. The lowest BCUT2D eigenvalue weighted by Crippen LogP contribution is -2.13. The maximum Gasteiger partial charge on any atom is 0.416 e. The molecule has 0 aliphatic rings. The third-order valence-corrected chi connectivity index (χ3v) is 4.13. The topological polar surface area (TPSA) is 65.8 Å². The molecule has 0 atom stereocenters. The van der Waals surface area contributed by atoms with E-state index in [-0.39, 0.29) is 11.3 Å². The van der Waals surface area contributed by atoms with Crippen molar-refractivity contribution < 1.29 is 18.0 Å². The largest absolute Gasteiger partial charge is 0.416 e. The monoisotopic (exact) mass is 381 g/mol. The molecule has 140 valence electrons. The standard InChI is InChI=1S/C21H14F3N3O/c1-13-5-6-15(8-19(13)16-7-14(10-25)11-26-12-16)20(28)27-18-4-2-3-17(9-18)21(22,23)24/h2-9,11-12H,1H3,(H,27,28). The molecule has 28 heavy (non-hydrogen) atoms. The zero-order valence-electron chi connectivity index (χ0n) is 14.7. The first-order valence-corrected chi connectivity index (χ1v) is 8.23. The Bertz CT molecular complexity index is 1080. The number of aromatic nitrogens is 1. The Morgan fingerprint density at radius 1 is 1.11 bits per heavy atom. The van der Waals surface area contributed by atoms with Crippen LogP contribution in [-0.4, -0.2) is 10.9 Å². The normalized spacial score (nSPS) is 11.0. The van der Waals surface area contributed by atoms with Gasteiger partial charge in [0.2, 0.25) is 0 Å². The molecule has 1 N–H and O–H groups in total. The summed E-state index contributed by atoms with van der Waals surface area (Å²) in [4.78, 5) is 16.6. The van der Waals surface area contributed by atoms with Crippen LogP contribution in [0.25, 0.3) is 11.1 Å². The molecule has 1 aromatic heterocycles. The van der Waals surface area contributed by atoms with Crippen LogP contribution >= 0.6 is 0 Å². The Balaban J connectivity index is 1.90. The Morgan fingerprint density at radius 2 is 1.89 bits per heavy atom. The fourth-order valence-corrected chi connectivity index (χ4v) is 2.70. The van der Waals surface area contributed by atoms with Crippen LogP contribution in [0.15, 0.2) is 60.9 Å². The number of halogens is 3. The van der Waals surface area contributed by atoms with Gasteiger partial charge in [0, 0.05) is 29.2 Å². The zero-order chi connectivity index (χ0) is 20.3. The van der Waals surface area contributed by atoms with Crippen molar-refractivity contribution in [1.82, 2.24) is 4.98 Å². The number of aryl methyl sites for hydroxylation is 1. The number of anilines is 1. The number of pyridine rings is 1. The van der Waals surface area contributed by atoms with Gasteiger partial charge in [-0.1, -0.05) is 12.1 Å². The average molecular weight is 381 g/mol. The minimum absolute atomic E-state index is 0.0510. The molecule has 7 heteroatoms. The molecule has 4 nitrogen and oxygen atoms in total. The highest BCUT2D eigenvalue weighted by molar-refractivity contribution is 6.05. The van der Waals surface area contributed by atoms with Crippen molar-refractivity contribution in [2.24, 2.45) is 0 Å². The maximum atomic E-state index is 12.8. The summed E-state index contributed by atoms with van der Waals surface area (Å²) in [6.07, 6.45) is -1.47. The molecule has 0 unspecified atom stereocenters. The number of carbonyl (C=O) groups is 1. The van der Waals surface area contributed by atoms with E-state index in [9.17, 15) is 18.0 Å². The Morgan fingerprint density at radius 3 is 2.61 bits per heavy atom. The summed E-state index contributed by atoms with van der Waals surface area (Å²) in [5.74, 6) is -0.537. The van der Waals surface area contributed by atoms with Crippen LogP contribution in [0.4, 0.5) is 18.9 Å². The van der Waals surface area contributed by atoms with Gasteiger partial charge >= 0.3 is 6.18 Å². The lowest BCUT2D eigenvalue weighted by Gasteiger charge is -2.12. The van der Waals surface area contributed by atoms with E-state index in [2.05, 4.69) is 10.3 Å². The minimum atomic E-state index is -4.49. The van der Waals surface area contributed by atoms with Crippen LogP contribution in [0, 0.1) is 18.3 Å². The Kier molecular flexibility index (Phi) is 5.14. The van der Waals surface area contributed by atoms with E-state index >= 15 is 0 Å². The molecule has 0 aliphatic heterocycles. The molecule has 0 saturated carbocycles. The summed E-state index contributed by atoms with van der Waals surface area (Å²) >= 11 is 0. The van der Waals surface area contributed by atoms with Crippen LogP contribution in [0.5, 0.6) is 0 Å². The van der Waals surface area contributed by atoms with Crippen molar-refractivity contribution in [1.29, 1.82) is 5.26 Å². The molecule has 2 aromatic carbocycles. The van der Waals surface area contributed by atoms with E-state index in [0.717, 1.165) is 17.7 Å². The van der Waals surface area contributed by atoms with E-state index in [4.69, 9.17) is 5.26 Å². The predicted octanol–water partition coefficient (Wildman–Crippen LogP) is 5.20. The molecule has 0 fully saturated rings. The van der Waals surface area contributed by atoms with E-state index < -0.39 is 17.6 Å². The van der Waals surface area contributed by atoms with Crippen LogP contribution in [0.3, 0.4) is 0 Å². The molecule has 0 radical (unpaired) electrons. The van der Waals surface area contributed by atoms with E-state index in [1.165, 1.54) is 18.3 Å². The molecule has 0 aliphatic carbocycles. The van der Waals surface area contributed by atoms with Crippen molar-refractivity contribution in [2.75, 3.05) is 5.32 Å². The first kappa shape index (κ1) is 19.1. The number of alkyl halides is 3. The first-order chi connectivity index (χ1) is 13.3. The number of nitrogens with zero attached hydrogens (tertiary/aromatic N) is 2. The highest BCUT2D eigenvalue weighted by Crippen LogP contribution is 2.31. The van der Waals surface area contributed by atoms with Gasteiger partial charge in [0.1, 0.15) is 6.07 Å². The van der Waals surface area contributed by atoms with E-state index in [1.54, 1.807) is 30.5 Å². The van der Waals surface area contributed by atoms with Crippen LogP contribution in [0.1, 0.15) is 27.0 Å². The summed E-state index contributed by atoms with van der Waals surface area (Å²) in [7, 11) is 0. The molecule has 0 saturated heterocycles. The van der Waals surface area contributed by atoms with Crippen molar-refractivity contribution in [3.8, 4) is 17.2 Å². The number of amides is 1. The van der Waals surface area contributed by atoms with Gasteiger partial charge in [-0.15, -0.1) is 0 Å². The highest BCUT2D eigenvalue weighted by atomic mass is 19.4. The van der Waals surface area contributed by atoms with Gasteiger partial charge in [-0.25, -0.2) is 0 Å².